The van der Waals surface area contributed by atoms with Crippen molar-refractivity contribution in [2.24, 2.45) is 5.10 Å². The van der Waals surface area contributed by atoms with E-state index in [0.29, 0.717) is 5.95 Å². The molecule has 0 aliphatic rings. The predicted octanol–water partition coefficient (Wildman–Crippen LogP) is 5.53. The van der Waals surface area contributed by atoms with Crippen LogP contribution in [0.1, 0.15) is 11.1 Å². The van der Waals surface area contributed by atoms with E-state index < -0.39 is 0 Å². The average Bonchev–Trinajstić information content (AvgIpc) is 3.20. The molecule has 0 radical (unpaired) electrons. The molecule has 6 nitrogen and oxygen atoms in total. The highest BCUT2D eigenvalue weighted by Gasteiger charge is 2.10. The van der Waals surface area contributed by atoms with Crippen molar-refractivity contribution in [3.63, 3.8) is 0 Å². The molecule has 31 heavy (non-hydrogen) atoms. The molecule has 2 heterocycles. The zero-order valence-corrected chi connectivity index (χ0v) is 17.6. The number of aromatic amines is 1. The van der Waals surface area contributed by atoms with Gasteiger partial charge < -0.3 is 14.1 Å². The number of H-pyrrole nitrogens is 1. The zero-order chi connectivity index (χ0) is 21.4. The standard InChI is InChI=1S/C25H22N4O2/c1-15-12-16(2)24-21(28-29-25-26-19-6-4-5-7-20(19)27-25)14-22(31-23(24)13-15)17-8-10-18(30-3)11-9-17/h4-14H,1-3H3,(H2,26,27,29)/b28-21+. The Bertz CT molecular complexity index is 1430. The lowest BCUT2D eigenvalue weighted by molar-refractivity contribution is 0.415. The van der Waals surface area contributed by atoms with Crippen LogP contribution >= 0.6 is 0 Å². The molecule has 0 aliphatic heterocycles. The molecule has 0 unspecified atom stereocenters. The monoisotopic (exact) mass is 410 g/mol. The van der Waals surface area contributed by atoms with Gasteiger partial charge in [0.1, 0.15) is 17.1 Å². The quantitative estimate of drug-likeness (QED) is 0.382. The fraction of sp³-hybridized carbons (Fsp3) is 0.120. The van der Waals surface area contributed by atoms with Crippen LogP contribution in [0.3, 0.4) is 0 Å². The van der Waals surface area contributed by atoms with E-state index in [4.69, 9.17) is 9.15 Å². The van der Waals surface area contributed by atoms with E-state index >= 15 is 0 Å². The molecule has 3 aromatic carbocycles. The Kier molecular flexibility index (Phi) is 4.67. The van der Waals surface area contributed by atoms with Gasteiger partial charge in [0.05, 0.1) is 23.5 Å². The Hall–Kier alpha value is -4.06. The largest absolute Gasteiger partial charge is 0.497 e. The molecule has 5 aromatic rings. The number of methoxy groups -OCH3 is 1. The second kappa shape index (κ2) is 7.65. The molecule has 0 atom stereocenters. The smallest absolute Gasteiger partial charge is 0.222 e. The van der Waals surface area contributed by atoms with Gasteiger partial charge in [0.15, 0.2) is 0 Å². The van der Waals surface area contributed by atoms with Gasteiger partial charge in [-0.1, -0.05) is 18.2 Å². The summed E-state index contributed by atoms with van der Waals surface area (Å²) in [6.45, 7) is 4.13. The lowest BCUT2D eigenvalue weighted by Crippen LogP contribution is -2.09. The number of ether oxygens (including phenoxy) is 1. The third-order valence-corrected chi connectivity index (χ3v) is 5.23. The molecular formula is C25H22N4O2. The van der Waals surface area contributed by atoms with Gasteiger partial charge in [0, 0.05) is 17.0 Å². The number of rotatable bonds is 4. The Morgan fingerprint density at radius 3 is 2.58 bits per heavy atom. The molecule has 154 valence electrons. The van der Waals surface area contributed by atoms with E-state index in [9.17, 15) is 0 Å². The van der Waals surface area contributed by atoms with Crippen LogP contribution in [0.4, 0.5) is 5.95 Å². The fourth-order valence-electron chi connectivity index (χ4n) is 3.79. The van der Waals surface area contributed by atoms with Gasteiger partial charge in [-0.05, 0) is 67.4 Å². The van der Waals surface area contributed by atoms with Crippen molar-refractivity contribution in [2.45, 2.75) is 13.8 Å². The summed E-state index contributed by atoms with van der Waals surface area (Å²) in [5, 5.41) is 6.43. The van der Waals surface area contributed by atoms with Gasteiger partial charge in [0.25, 0.3) is 0 Å². The minimum atomic E-state index is 0.589. The molecule has 0 saturated heterocycles. The van der Waals surface area contributed by atoms with Crippen LogP contribution in [0.25, 0.3) is 33.3 Å². The Morgan fingerprint density at radius 1 is 1.00 bits per heavy atom. The number of hydrogen-bond acceptors (Lipinski definition) is 5. The number of nitrogens with zero attached hydrogens (tertiary/aromatic N) is 2. The number of imidazole rings is 1. The van der Waals surface area contributed by atoms with Crippen molar-refractivity contribution in [1.29, 1.82) is 0 Å². The first-order valence-corrected chi connectivity index (χ1v) is 10.0. The van der Waals surface area contributed by atoms with Crippen LogP contribution in [0.2, 0.25) is 0 Å². The number of aryl methyl sites for hydroxylation is 2. The first-order valence-electron chi connectivity index (χ1n) is 10.0. The van der Waals surface area contributed by atoms with Gasteiger partial charge in [-0.25, -0.2) is 10.4 Å². The molecule has 2 aromatic heterocycles. The highest BCUT2D eigenvalue weighted by Crippen LogP contribution is 2.26. The first kappa shape index (κ1) is 18.9. The highest BCUT2D eigenvalue weighted by molar-refractivity contribution is 5.82. The number of para-hydroxylation sites is 2. The molecule has 0 aliphatic carbocycles. The maximum absolute atomic E-state index is 6.27. The second-order valence-corrected chi connectivity index (χ2v) is 7.51. The summed E-state index contributed by atoms with van der Waals surface area (Å²) in [5.41, 5.74) is 8.90. The van der Waals surface area contributed by atoms with Crippen molar-refractivity contribution in [1.82, 2.24) is 9.97 Å². The van der Waals surface area contributed by atoms with E-state index in [1.807, 2.05) is 60.7 Å². The summed E-state index contributed by atoms with van der Waals surface area (Å²) in [4.78, 5) is 7.79. The number of benzene rings is 3. The van der Waals surface area contributed by atoms with Crippen molar-refractivity contribution in [3.05, 3.63) is 83.2 Å². The lowest BCUT2D eigenvalue weighted by atomic mass is 10.0. The van der Waals surface area contributed by atoms with E-state index in [-0.39, 0.29) is 0 Å². The van der Waals surface area contributed by atoms with Gasteiger partial charge in [-0.15, -0.1) is 0 Å². The molecule has 0 bridgehead atoms. The maximum Gasteiger partial charge on any atom is 0.222 e. The number of anilines is 1. The van der Waals surface area contributed by atoms with Crippen LogP contribution in [0, 0.1) is 13.8 Å². The minimum absolute atomic E-state index is 0.589. The second-order valence-electron chi connectivity index (χ2n) is 7.51. The van der Waals surface area contributed by atoms with Crippen LogP contribution in [0.5, 0.6) is 5.75 Å². The summed E-state index contributed by atoms with van der Waals surface area (Å²) in [7, 11) is 1.65. The Labute approximate surface area is 179 Å². The molecule has 6 heteroatoms. The number of fused-ring (bicyclic) bond motifs is 2. The molecule has 5 rings (SSSR count). The first-order chi connectivity index (χ1) is 15.1. The molecule has 0 spiro atoms. The third-order valence-electron chi connectivity index (χ3n) is 5.23. The van der Waals surface area contributed by atoms with Gasteiger partial charge in [0.2, 0.25) is 5.95 Å². The Balaban J connectivity index is 1.66. The number of aromatic nitrogens is 2. The van der Waals surface area contributed by atoms with E-state index in [0.717, 1.165) is 55.6 Å². The minimum Gasteiger partial charge on any atom is -0.497 e. The normalized spacial score (nSPS) is 11.9. The molecule has 2 N–H and O–H groups in total. The highest BCUT2D eigenvalue weighted by atomic mass is 16.5. The van der Waals surface area contributed by atoms with Crippen molar-refractivity contribution >= 4 is 28.0 Å². The zero-order valence-electron chi connectivity index (χ0n) is 17.6. The van der Waals surface area contributed by atoms with Crippen LogP contribution in [-0.2, 0) is 0 Å². The summed E-state index contributed by atoms with van der Waals surface area (Å²) in [5.74, 6) is 2.11. The van der Waals surface area contributed by atoms with E-state index in [1.54, 1.807) is 7.11 Å². The van der Waals surface area contributed by atoms with Crippen molar-refractivity contribution < 1.29 is 9.15 Å². The predicted molar refractivity (Wildman–Crippen MR) is 123 cm³/mol. The molecule has 0 fully saturated rings. The van der Waals surface area contributed by atoms with Crippen LogP contribution < -0.4 is 15.5 Å². The summed E-state index contributed by atoms with van der Waals surface area (Å²) >= 11 is 0. The topological polar surface area (TPSA) is 75.4 Å². The van der Waals surface area contributed by atoms with Crippen molar-refractivity contribution in [3.8, 4) is 17.1 Å². The maximum atomic E-state index is 6.27. The van der Waals surface area contributed by atoms with E-state index in [2.05, 4.69) is 40.4 Å². The fourth-order valence-corrected chi connectivity index (χ4v) is 3.79. The van der Waals surface area contributed by atoms with Crippen molar-refractivity contribution in [2.75, 3.05) is 12.5 Å². The van der Waals surface area contributed by atoms with E-state index in [1.165, 1.54) is 0 Å². The molecule has 0 saturated carbocycles. The summed E-state index contributed by atoms with van der Waals surface area (Å²) in [6.07, 6.45) is 0. The summed E-state index contributed by atoms with van der Waals surface area (Å²) < 4.78 is 11.5. The number of hydrogen-bond donors (Lipinski definition) is 2. The summed E-state index contributed by atoms with van der Waals surface area (Å²) in [6, 6.07) is 21.8. The SMILES string of the molecule is COc1ccc(-c2c/c(=N\Nc3nc4ccccc4[nH]3)c3c(C)cc(C)cc3o2)cc1. The molecule has 0 amide bonds. The number of nitrogens with one attached hydrogen (secondary N) is 2. The average molecular weight is 410 g/mol. The van der Waals surface area contributed by atoms with Gasteiger partial charge in [-0.2, -0.15) is 5.10 Å². The lowest BCUT2D eigenvalue weighted by Gasteiger charge is -2.09. The van der Waals surface area contributed by atoms with Crippen LogP contribution in [0.15, 0.2) is 76.2 Å². The Morgan fingerprint density at radius 2 is 1.81 bits per heavy atom. The third kappa shape index (κ3) is 3.64. The van der Waals surface area contributed by atoms with Crippen LogP contribution in [-0.4, -0.2) is 17.1 Å². The van der Waals surface area contributed by atoms with Gasteiger partial charge >= 0.3 is 0 Å². The van der Waals surface area contributed by atoms with Gasteiger partial charge in [-0.3, -0.25) is 0 Å². The molecular weight excluding hydrogens is 388 g/mol.